The summed E-state index contributed by atoms with van der Waals surface area (Å²) in [6.45, 7) is 1.79. The lowest BCUT2D eigenvalue weighted by Gasteiger charge is -2.32. The van der Waals surface area contributed by atoms with Gasteiger partial charge in [0.1, 0.15) is 23.8 Å². The maximum Gasteiger partial charge on any atom is 0.407 e. The third-order valence-electron chi connectivity index (χ3n) is 5.10. The number of nitrogens with two attached hydrogens (primary N) is 1. The van der Waals surface area contributed by atoms with Crippen molar-refractivity contribution < 1.29 is 19.5 Å². The van der Waals surface area contributed by atoms with Crippen molar-refractivity contribution in [3.63, 3.8) is 0 Å². The number of hydrogen-bond acceptors (Lipinski definition) is 7. The standard InChI is InChI=1S/C19H24FN7O3/c1-26(10-12-4-6-27(7-5-12)19(28)29)17-9-16(22-11-23-17)24-15-3-2-13(8-14(15)20)18(21)25-30/h2-3,8-9,11-12,30H,4-7,10H2,1H3,(H2,21,25)(H,28,29)(H,22,23,24). The highest BCUT2D eigenvalue weighted by Crippen LogP contribution is 2.24. The molecule has 1 amide bonds. The number of amidine groups is 1. The Hall–Kier alpha value is -3.63. The smallest absolute Gasteiger partial charge is 0.407 e. The molecule has 1 aliphatic rings. The minimum absolute atomic E-state index is 0.180. The average molecular weight is 417 g/mol. The van der Waals surface area contributed by atoms with Gasteiger partial charge < -0.3 is 31.2 Å². The van der Waals surface area contributed by atoms with Crippen molar-refractivity contribution in [3.8, 4) is 0 Å². The lowest BCUT2D eigenvalue weighted by atomic mass is 9.96. The van der Waals surface area contributed by atoms with Crippen molar-refractivity contribution in [2.24, 2.45) is 16.8 Å². The molecule has 0 atom stereocenters. The van der Waals surface area contributed by atoms with Gasteiger partial charge in [-0.3, -0.25) is 0 Å². The lowest BCUT2D eigenvalue weighted by Crippen LogP contribution is -2.40. The molecule has 0 aliphatic carbocycles. The molecular formula is C19H24FN7O3. The molecule has 0 radical (unpaired) electrons. The highest BCUT2D eigenvalue weighted by atomic mass is 19.1. The van der Waals surface area contributed by atoms with Crippen LogP contribution in [0.3, 0.4) is 0 Å². The van der Waals surface area contributed by atoms with Crippen LogP contribution in [0.1, 0.15) is 18.4 Å². The second-order valence-electron chi connectivity index (χ2n) is 7.16. The second-order valence-corrected chi connectivity index (χ2v) is 7.16. The van der Waals surface area contributed by atoms with Gasteiger partial charge in [0.25, 0.3) is 0 Å². The zero-order chi connectivity index (χ0) is 21.7. The van der Waals surface area contributed by atoms with Crippen molar-refractivity contribution in [2.45, 2.75) is 12.8 Å². The van der Waals surface area contributed by atoms with Crippen molar-refractivity contribution in [2.75, 3.05) is 36.9 Å². The molecule has 0 unspecified atom stereocenters. The maximum atomic E-state index is 14.3. The number of piperidine rings is 1. The molecule has 2 aromatic rings. The predicted octanol–water partition coefficient (Wildman–Crippen LogP) is 2.28. The Labute approximate surface area is 172 Å². The molecule has 0 spiro atoms. The molecule has 1 aliphatic heterocycles. The third kappa shape index (κ3) is 5.04. The number of rotatable bonds is 6. The van der Waals surface area contributed by atoms with Crippen LogP contribution in [-0.2, 0) is 0 Å². The summed E-state index contributed by atoms with van der Waals surface area (Å²) in [5, 5.41) is 23.5. The first kappa shape index (κ1) is 21.1. The third-order valence-corrected chi connectivity index (χ3v) is 5.10. The van der Waals surface area contributed by atoms with Crippen LogP contribution in [0, 0.1) is 11.7 Å². The second kappa shape index (κ2) is 9.25. The van der Waals surface area contributed by atoms with E-state index in [9.17, 15) is 9.18 Å². The van der Waals surface area contributed by atoms with Gasteiger partial charge in [-0.15, -0.1) is 0 Å². The highest BCUT2D eigenvalue weighted by Gasteiger charge is 2.23. The molecule has 160 valence electrons. The Morgan fingerprint density at radius 3 is 2.73 bits per heavy atom. The molecule has 30 heavy (non-hydrogen) atoms. The van der Waals surface area contributed by atoms with Crippen LogP contribution in [0.4, 0.5) is 26.5 Å². The van der Waals surface area contributed by atoms with E-state index in [4.69, 9.17) is 16.0 Å². The molecule has 2 heterocycles. The Morgan fingerprint density at radius 2 is 2.10 bits per heavy atom. The van der Waals surface area contributed by atoms with Gasteiger partial charge in [0.2, 0.25) is 0 Å². The highest BCUT2D eigenvalue weighted by molar-refractivity contribution is 5.97. The molecule has 3 rings (SSSR count). The number of benzene rings is 1. The minimum atomic E-state index is -0.875. The molecular weight excluding hydrogens is 393 g/mol. The number of amides is 1. The van der Waals surface area contributed by atoms with Gasteiger partial charge in [0.15, 0.2) is 5.84 Å². The van der Waals surface area contributed by atoms with Gasteiger partial charge in [-0.2, -0.15) is 0 Å². The van der Waals surface area contributed by atoms with E-state index in [1.807, 2.05) is 11.9 Å². The zero-order valence-electron chi connectivity index (χ0n) is 16.5. The van der Waals surface area contributed by atoms with E-state index < -0.39 is 11.9 Å². The Kier molecular flexibility index (Phi) is 6.50. The minimum Gasteiger partial charge on any atom is -0.465 e. The van der Waals surface area contributed by atoms with Crippen molar-refractivity contribution in [1.29, 1.82) is 0 Å². The van der Waals surface area contributed by atoms with E-state index >= 15 is 0 Å². The summed E-state index contributed by atoms with van der Waals surface area (Å²) in [6.07, 6.45) is 2.11. The monoisotopic (exact) mass is 417 g/mol. The van der Waals surface area contributed by atoms with Crippen molar-refractivity contribution in [3.05, 3.63) is 42.0 Å². The summed E-state index contributed by atoms with van der Waals surface area (Å²) < 4.78 is 14.3. The number of halogens is 1. The van der Waals surface area contributed by atoms with Gasteiger partial charge in [-0.1, -0.05) is 5.16 Å². The normalized spacial score (nSPS) is 15.1. The number of nitrogens with zero attached hydrogens (tertiary/aromatic N) is 5. The van der Waals surface area contributed by atoms with Gasteiger partial charge in [0.05, 0.1) is 5.69 Å². The molecule has 0 bridgehead atoms. The first-order chi connectivity index (χ1) is 14.4. The fraction of sp³-hybridized carbons (Fsp3) is 0.368. The fourth-order valence-electron chi connectivity index (χ4n) is 3.38. The maximum absolute atomic E-state index is 14.3. The largest absolute Gasteiger partial charge is 0.465 e. The van der Waals surface area contributed by atoms with E-state index in [1.165, 1.54) is 23.4 Å². The molecule has 11 heteroatoms. The number of likely N-dealkylation sites (tertiary alicyclic amines) is 1. The van der Waals surface area contributed by atoms with Gasteiger partial charge in [0, 0.05) is 38.3 Å². The molecule has 10 nitrogen and oxygen atoms in total. The summed E-state index contributed by atoms with van der Waals surface area (Å²) >= 11 is 0. The lowest BCUT2D eigenvalue weighted by molar-refractivity contribution is 0.125. The van der Waals surface area contributed by atoms with Crippen LogP contribution in [-0.4, -0.2) is 63.8 Å². The number of carbonyl (C=O) groups is 1. The van der Waals surface area contributed by atoms with Gasteiger partial charge >= 0.3 is 6.09 Å². The number of carboxylic acid groups (broad SMARTS) is 1. The fourth-order valence-corrected chi connectivity index (χ4v) is 3.38. The van der Waals surface area contributed by atoms with Crippen LogP contribution in [0.5, 0.6) is 0 Å². The van der Waals surface area contributed by atoms with Crippen molar-refractivity contribution in [1.82, 2.24) is 14.9 Å². The first-order valence-corrected chi connectivity index (χ1v) is 9.43. The van der Waals surface area contributed by atoms with Crippen LogP contribution in [0.25, 0.3) is 0 Å². The zero-order valence-corrected chi connectivity index (χ0v) is 16.5. The van der Waals surface area contributed by atoms with Crippen LogP contribution in [0.15, 0.2) is 35.7 Å². The summed E-state index contributed by atoms with van der Waals surface area (Å²) in [5.74, 6) is 0.698. The Balaban J connectivity index is 1.64. The first-order valence-electron chi connectivity index (χ1n) is 9.43. The van der Waals surface area contributed by atoms with E-state index in [-0.39, 0.29) is 17.1 Å². The molecule has 1 saturated heterocycles. The molecule has 5 N–H and O–H groups in total. The van der Waals surface area contributed by atoms with Gasteiger partial charge in [-0.25, -0.2) is 19.2 Å². The van der Waals surface area contributed by atoms with Crippen molar-refractivity contribution >= 4 is 29.3 Å². The Bertz CT molecular complexity index is 932. The van der Waals surface area contributed by atoms with E-state index in [0.29, 0.717) is 30.6 Å². The topological polar surface area (TPSA) is 140 Å². The van der Waals surface area contributed by atoms with Crippen LogP contribution < -0.4 is 16.0 Å². The number of oxime groups is 1. The number of aromatic nitrogens is 2. The summed E-state index contributed by atoms with van der Waals surface area (Å²) in [7, 11) is 1.90. The summed E-state index contributed by atoms with van der Waals surface area (Å²) in [4.78, 5) is 22.8. The number of hydrogen-bond donors (Lipinski definition) is 4. The van der Waals surface area contributed by atoms with Crippen LogP contribution >= 0.6 is 0 Å². The van der Waals surface area contributed by atoms with E-state index in [2.05, 4.69) is 20.4 Å². The molecule has 1 fully saturated rings. The van der Waals surface area contributed by atoms with E-state index in [1.54, 1.807) is 6.07 Å². The summed E-state index contributed by atoms with van der Waals surface area (Å²) in [6, 6.07) is 5.88. The predicted molar refractivity (Wildman–Crippen MR) is 110 cm³/mol. The SMILES string of the molecule is CN(CC1CCN(C(=O)O)CC1)c1cc(Nc2ccc(C(N)=NO)cc2F)ncn1. The number of nitrogens with one attached hydrogen (secondary N) is 1. The molecule has 1 aromatic carbocycles. The number of anilines is 3. The average Bonchev–Trinajstić information content (AvgIpc) is 2.75. The van der Waals surface area contributed by atoms with Gasteiger partial charge in [-0.05, 0) is 37.0 Å². The van der Waals surface area contributed by atoms with Crippen LogP contribution in [0.2, 0.25) is 0 Å². The Morgan fingerprint density at radius 1 is 1.37 bits per heavy atom. The summed E-state index contributed by atoms with van der Waals surface area (Å²) in [5.41, 5.74) is 5.93. The quantitative estimate of drug-likeness (QED) is 0.243. The molecule has 0 saturated carbocycles. The van der Waals surface area contributed by atoms with E-state index in [0.717, 1.165) is 25.5 Å². The molecule has 1 aromatic heterocycles.